The molecule has 1 heterocycles. The second-order valence-electron chi connectivity index (χ2n) is 5.53. The van der Waals surface area contributed by atoms with Crippen LogP contribution in [0.1, 0.15) is 23.7 Å². The minimum atomic E-state index is 0.0330. The van der Waals surface area contributed by atoms with Gasteiger partial charge in [0, 0.05) is 11.1 Å². The number of hydrogen-bond donors (Lipinski definition) is 1. The Morgan fingerprint density at radius 2 is 2.14 bits per heavy atom. The minimum Gasteiger partial charge on any atom is -0.497 e. The molecule has 2 aromatic carbocycles. The van der Waals surface area contributed by atoms with Gasteiger partial charge in [0.25, 0.3) is 0 Å². The van der Waals surface area contributed by atoms with Crippen molar-refractivity contribution in [2.75, 3.05) is 12.4 Å². The molecule has 0 spiro atoms. The van der Waals surface area contributed by atoms with E-state index in [1.165, 1.54) is 11.1 Å². The second kappa shape index (κ2) is 4.85. The highest BCUT2D eigenvalue weighted by Crippen LogP contribution is 2.43. The van der Waals surface area contributed by atoms with Crippen molar-refractivity contribution in [2.24, 2.45) is 0 Å². The van der Waals surface area contributed by atoms with Crippen molar-refractivity contribution < 1.29 is 9.47 Å². The first-order valence-electron chi connectivity index (χ1n) is 7.14. The van der Waals surface area contributed by atoms with Crippen molar-refractivity contribution in [2.45, 2.75) is 25.0 Å². The maximum absolute atomic E-state index is 6.23. The fourth-order valence-corrected chi connectivity index (χ4v) is 3.39. The molecule has 0 saturated heterocycles. The molecule has 21 heavy (non-hydrogen) atoms. The molecule has 3 nitrogen and oxygen atoms in total. The lowest BCUT2D eigenvalue weighted by atomic mass is 9.84. The lowest BCUT2D eigenvalue weighted by molar-refractivity contribution is 0.157. The summed E-state index contributed by atoms with van der Waals surface area (Å²) in [5.74, 6) is 1.73. The molecular formula is C17H16ClNO2. The standard InChI is InChI=1S/C17H16ClNO2/c1-20-12-4-5-13-10(8-12)2-6-15-17(13)21-16-9-11(18)3-7-14(16)19-15/h3-5,7-9,15,17,19H,2,6H2,1H3. The summed E-state index contributed by atoms with van der Waals surface area (Å²) in [5, 5.41) is 4.27. The van der Waals surface area contributed by atoms with E-state index in [0.29, 0.717) is 11.1 Å². The van der Waals surface area contributed by atoms with Gasteiger partial charge in [-0.3, -0.25) is 0 Å². The van der Waals surface area contributed by atoms with Crippen molar-refractivity contribution in [3.63, 3.8) is 0 Å². The predicted molar refractivity (Wildman–Crippen MR) is 83.5 cm³/mol. The van der Waals surface area contributed by atoms with Crippen molar-refractivity contribution in [3.05, 3.63) is 52.5 Å². The highest BCUT2D eigenvalue weighted by atomic mass is 35.5. The van der Waals surface area contributed by atoms with Crippen LogP contribution in [0.5, 0.6) is 11.5 Å². The van der Waals surface area contributed by atoms with Gasteiger partial charge in [0.15, 0.2) is 0 Å². The Morgan fingerprint density at radius 3 is 3.00 bits per heavy atom. The largest absolute Gasteiger partial charge is 0.497 e. The first-order chi connectivity index (χ1) is 10.2. The molecule has 4 rings (SSSR count). The molecule has 108 valence electrons. The molecule has 0 saturated carbocycles. The summed E-state index contributed by atoms with van der Waals surface area (Å²) < 4.78 is 11.5. The number of halogens is 1. The van der Waals surface area contributed by atoms with E-state index in [1.807, 2.05) is 24.3 Å². The molecule has 1 aliphatic carbocycles. The van der Waals surface area contributed by atoms with E-state index in [2.05, 4.69) is 17.4 Å². The summed E-state index contributed by atoms with van der Waals surface area (Å²) in [4.78, 5) is 0. The van der Waals surface area contributed by atoms with Gasteiger partial charge in [-0.05, 0) is 48.2 Å². The number of nitrogens with one attached hydrogen (secondary N) is 1. The number of aryl methyl sites for hydroxylation is 1. The third kappa shape index (κ3) is 2.12. The molecular weight excluding hydrogens is 286 g/mol. The van der Waals surface area contributed by atoms with Crippen LogP contribution in [0.15, 0.2) is 36.4 Å². The van der Waals surface area contributed by atoms with Crippen LogP contribution < -0.4 is 14.8 Å². The zero-order valence-electron chi connectivity index (χ0n) is 11.7. The summed E-state index contributed by atoms with van der Waals surface area (Å²) >= 11 is 6.07. The molecule has 2 aromatic rings. The summed E-state index contributed by atoms with van der Waals surface area (Å²) in [7, 11) is 1.70. The Hall–Kier alpha value is -1.87. The molecule has 2 unspecified atom stereocenters. The highest BCUT2D eigenvalue weighted by molar-refractivity contribution is 6.30. The first-order valence-corrected chi connectivity index (χ1v) is 7.52. The van der Waals surface area contributed by atoms with Gasteiger partial charge >= 0.3 is 0 Å². The summed E-state index contributed by atoms with van der Waals surface area (Å²) in [6, 6.07) is 12.3. The van der Waals surface area contributed by atoms with Crippen LogP contribution in [-0.2, 0) is 6.42 Å². The number of benzene rings is 2. The number of ether oxygens (including phenoxy) is 2. The SMILES string of the molecule is COc1ccc2c(c1)CCC1Nc3ccc(Cl)cc3OC21. The number of fused-ring (bicyclic) bond motifs is 4. The maximum atomic E-state index is 6.23. The molecule has 0 amide bonds. The fraction of sp³-hybridized carbons (Fsp3) is 0.294. The van der Waals surface area contributed by atoms with Crippen LogP contribution in [0.2, 0.25) is 5.02 Å². The Morgan fingerprint density at radius 1 is 1.24 bits per heavy atom. The van der Waals surface area contributed by atoms with Crippen LogP contribution in [0.4, 0.5) is 5.69 Å². The monoisotopic (exact) mass is 301 g/mol. The predicted octanol–water partition coefficient (Wildman–Crippen LogP) is 4.21. The molecule has 0 fully saturated rings. The zero-order chi connectivity index (χ0) is 14.4. The molecule has 2 aliphatic rings. The average molecular weight is 302 g/mol. The van der Waals surface area contributed by atoms with E-state index in [1.54, 1.807) is 7.11 Å². The van der Waals surface area contributed by atoms with Gasteiger partial charge in [0.2, 0.25) is 0 Å². The summed E-state index contributed by atoms with van der Waals surface area (Å²) in [6.07, 6.45) is 2.12. The molecule has 2 atom stereocenters. The van der Waals surface area contributed by atoms with E-state index in [9.17, 15) is 0 Å². The Labute approximate surface area is 128 Å². The van der Waals surface area contributed by atoms with Gasteiger partial charge in [-0.25, -0.2) is 0 Å². The van der Waals surface area contributed by atoms with Gasteiger partial charge < -0.3 is 14.8 Å². The quantitative estimate of drug-likeness (QED) is 0.856. The molecule has 0 aromatic heterocycles. The molecule has 1 aliphatic heterocycles. The number of anilines is 1. The lowest BCUT2D eigenvalue weighted by Crippen LogP contribution is -2.38. The van der Waals surface area contributed by atoms with E-state index < -0.39 is 0 Å². The van der Waals surface area contributed by atoms with Gasteiger partial charge in [-0.1, -0.05) is 17.7 Å². The van der Waals surface area contributed by atoms with Crippen molar-refractivity contribution in [1.29, 1.82) is 0 Å². The average Bonchev–Trinajstić information content (AvgIpc) is 2.52. The Balaban J connectivity index is 1.74. The van der Waals surface area contributed by atoms with Crippen LogP contribution in [0, 0.1) is 0 Å². The van der Waals surface area contributed by atoms with Crippen molar-refractivity contribution >= 4 is 17.3 Å². The second-order valence-corrected chi connectivity index (χ2v) is 5.97. The maximum Gasteiger partial charge on any atom is 0.144 e. The first kappa shape index (κ1) is 12.8. The van der Waals surface area contributed by atoms with Crippen LogP contribution in [0.25, 0.3) is 0 Å². The van der Waals surface area contributed by atoms with Gasteiger partial charge in [-0.15, -0.1) is 0 Å². The van der Waals surface area contributed by atoms with Crippen LogP contribution in [0.3, 0.4) is 0 Å². The normalized spacial score (nSPS) is 22.2. The fourth-order valence-electron chi connectivity index (χ4n) is 3.23. The molecule has 0 radical (unpaired) electrons. The van der Waals surface area contributed by atoms with E-state index in [0.717, 1.165) is 30.0 Å². The zero-order valence-corrected chi connectivity index (χ0v) is 12.5. The Kier molecular flexibility index (Phi) is 2.96. The Bertz CT molecular complexity index is 701. The van der Waals surface area contributed by atoms with Crippen molar-refractivity contribution in [3.8, 4) is 11.5 Å². The van der Waals surface area contributed by atoms with Gasteiger partial charge in [-0.2, -0.15) is 0 Å². The van der Waals surface area contributed by atoms with E-state index in [-0.39, 0.29) is 6.10 Å². The molecule has 1 N–H and O–H groups in total. The number of rotatable bonds is 1. The number of hydrogen-bond acceptors (Lipinski definition) is 3. The van der Waals surface area contributed by atoms with Crippen LogP contribution in [-0.4, -0.2) is 13.2 Å². The van der Waals surface area contributed by atoms with E-state index in [4.69, 9.17) is 21.1 Å². The third-order valence-corrected chi connectivity index (χ3v) is 4.52. The smallest absolute Gasteiger partial charge is 0.144 e. The summed E-state index contributed by atoms with van der Waals surface area (Å²) in [6.45, 7) is 0. The molecule has 4 heteroatoms. The third-order valence-electron chi connectivity index (χ3n) is 4.29. The molecule has 0 bridgehead atoms. The van der Waals surface area contributed by atoms with Crippen molar-refractivity contribution in [1.82, 2.24) is 0 Å². The summed E-state index contributed by atoms with van der Waals surface area (Å²) in [5.41, 5.74) is 3.57. The topological polar surface area (TPSA) is 30.5 Å². The van der Waals surface area contributed by atoms with Crippen LogP contribution >= 0.6 is 11.6 Å². The van der Waals surface area contributed by atoms with E-state index >= 15 is 0 Å². The minimum absolute atomic E-state index is 0.0330. The van der Waals surface area contributed by atoms with Gasteiger partial charge in [0.05, 0.1) is 18.8 Å². The van der Waals surface area contributed by atoms with Gasteiger partial charge in [0.1, 0.15) is 17.6 Å². The lowest BCUT2D eigenvalue weighted by Gasteiger charge is -2.39. The highest BCUT2D eigenvalue weighted by Gasteiger charge is 2.35. The number of methoxy groups -OCH3 is 1.